The second-order valence-electron chi connectivity index (χ2n) is 9.53. The maximum atomic E-state index is 13.0. The van der Waals surface area contributed by atoms with Crippen molar-refractivity contribution in [2.24, 2.45) is 0 Å². The number of aliphatic hydroxyl groups is 1. The summed E-state index contributed by atoms with van der Waals surface area (Å²) in [5.41, 5.74) is 3.50. The number of fused-ring (bicyclic) bond motifs is 1. The Morgan fingerprint density at radius 2 is 1.81 bits per heavy atom. The first-order chi connectivity index (χ1) is 15.7. The highest BCUT2D eigenvalue weighted by molar-refractivity contribution is 5.74. The molecule has 1 aromatic heterocycles. The number of amides is 2. The number of hydrogen-bond acceptors (Lipinski definition) is 4. The number of pyridine rings is 1. The summed E-state index contributed by atoms with van der Waals surface area (Å²) in [5, 5.41) is 13.4. The fourth-order valence-corrected chi connectivity index (χ4v) is 5.89. The summed E-state index contributed by atoms with van der Waals surface area (Å²) in [6.45, 7) is 2.70. The number of rotatable bonds is 4. The van der Waals surface area contributed by atoms with Crippen LogP contribution in [-0.2, 0) is 0 Å². The average molecular weight is 435 g/mol. The summed E-state index contributed by atoms with van der Waals surface area (Å²) < 4.78 is 0. The van der Waals surface area contributed by atoms with E-state index < -0.39 is 0 Å². The van der Waals surface area contributed by atoms with Gasteiger partial charge in [0.2, 0.25) is 0 Å². The van der Waals surface area contributed by atoms with Gasteiger partial charge in [0, 0.05) is 49.5 Å². The van der Waals surface area contributed by atoms with E-state index in [2.05, 4.69) is 45.5 Å². The molecule has 3 aliphatic rings. The third-order valence-corrected chi connectivity index (χ3v) is 7.63. The third-order valence-electron chi connectivity index (χ3n) is 7.63. The molecule has 1 saturated carbocycles. The molecule has 3 fully saturated rings. The fourth-order valence-electron chi connectivity index (χ4n) is 5.89. The molecule has 32 heavy (non-hydrogen) atoms. The zero-order valence-corrected chi connectivity index (χ0v) is 18.7. The number of benzene rings is 1. The van der Waals surface area contributed by atoms with Gasteiger partial charge >= 0.3 is 6.03 Å². The Morgan fingerprint density at radius 3 is 2.53 bits per heavy atom. The van der Waals surface area contributed by atoms with Crippen LogP contribution in [0.1, 0.15) is 50.0 Å². The highest BCUT2D eigenvalue weighted by Crippen LogP contribution is 2.42. The van der Waals surface area contributed by atoms with Crippen LogP contribution in [0.2, 0.25) is 0 Å². The van der Waals surface area contributed by atoms with Gasteiger partial charge in [-0.2, -0.15) is 0 Å². The van der Waals surface area contributed by atoms with E-state index in [9.17, 15) is 9.90 Å². The van der Waals surface area contributed by atoms with Crippen molar-refractivity contribution in [3.8, 4) is 11.1 Å². The Balaban J connectivity index is 1.33. The molecule has 2 aromatic rings. The summed E-state index contributed by atoms with van der Waals surface area (Å²) in [6, 6.07) is 13.5. The highest BCUT2D eigenvalue weighted by Gasteiger charge is 2.49. The summed E-state index contributed by atoms with van der Waals surface area (Å²) >= 11 is 0. The van der Waals surface area contributed by atoms with Crippen molar-refractivity contribution in [2.75, 3.05) is 26.2 Å². The van der Waals surface area contributed by atoms with Crippen molar-refractivity contribution in [3.05, 3.63) is 54.4 Å². The molecule has 3 atom stereocenters. The Kier molecular flexibility index (Phi) is 6.42. The summed E-state index contributed by atoms with van der Waals surface area (Å²) in [6.07, 6.45) is 10.4. The first-order valence-corrected chi connectivity index (χ1v) is 12.2. The Bertz CT molecular complexity index is 898. The SMILES string of the molecule is O=C(NC1CCCC1)N1CCCCN2[C@H](CO)[C@@H](c3ccc(-c4cccnc4)cc3)[C@@H]2C1. The van der Waals surface area contributed by atoms with Crippen LogP contribution in [0.3, 0.4) is 0 Å². The number of hydrogen-bond donors (Lipinski definition) is 2. The van der Waals surface area contributed by atoms with Gasteiger partial charge in [0.1, 0.15) is 0 Å². The van der Waals surface area contributed by atoms with Crippen molar-refractivity contribution in [1.82, 2.24) is 20.1 Å². The second-order valence-corrected chi connectivity index (χ2v) is 9.53. The van der Waals surface area contributed by atoms with Crippen molar-refractivity contribution in [3.63, 3.8) is 0 Å². The van der Waals surface area contributed by atoms with Gasteiger partial charge in [-0.25, -0.2) is 4.79 Å². The topological polar surface area (TPSA) is 68.7 Å². The maximum Gasteiger partial charge on any atom is 0.317 e. The highest BCUT2D eigenvalue weighted by atomic mass is 16.3. The number of carbonyl (C=O) groups excluding carboxylic acids is 1. The van der Waals surface area contributed by atoms with Gasteiger partial charge in [-0.1, -0.05) is 43.2 Å². The van der Waals surface area contributed by atoms with E-state index in [-0.39, 0.29) is 30.6 Å². The number of nitrogens with one attached hydrogen (secondary N) is 1. The fraction of sp³-hybridized carbons (Fsp3) is 0.538. The molecular formula is C26H34N4O2. The van der Waals surface area contributed by atoms with E-state index in [0.29, 0.717) is 6.04 Å². The molecule has 0 spiro atoms. The maximum absolute atomic E-state index is 13.0. The Labute approximate surface area is 190 Å². The van der Waals surface area contributed by atoms with Crippen LogP contribution in [0.5, 0.6) is 0 Å². The van der Waals surface area contributed by atoms with Crippen LogP contribution in [0.4, 0.5) is 4.79 Å². The Hall–Kier alpha value is -2.44. The van der Waals surface area contributed by atoms with Gasteiger partial charge in [-0.15, -0.1) is 0 Å². The van der Waals surface area contributed by atoms with E-state index in [1.54, 1.807) is 6.20 Å². The zero-order chi connectivity index (χ0) is 21.9. The van der Waals surface area contributed by atoms with Gasteiger partial charge < -0.3 is 15.3 Å². The van der Waals surface area contributed by atoms with Gasteiger partial charge in [0.25, 0.3) is 0 Å². The van der Waals surface area contributed by atoms with E-state index in [1.807, 2.05) is 17.2 Å². The van der Waals surface area contributed by atoms with E-state index in [0.717, 1.165) is 56.4 Å². The number of nitrogens with zero attached hydrogens (tertiary/aromatic N) is 3. The molecule has 0 unspecified atom stereocenters. The first kappa shape index (κ1) is 21.4. The normalized spacial score (nSPS) is 26.7. The average Bonchev–Trinajstić information content (AvgIpc) is 3.32. The molecule has 2 aliphatic heterocycles. The lowest BCUT2D eigenvalue weighted by Gasteiger charge is -2.57. The minimum atomic E-state index is 0.0943. The predicted molar refractivity (Wildman–Crippen MR) is 125 cm³/mol. The molecule has 1 aromatic carbocycles. The molecule has 5 rings (SSSR count). The second kappa shape index (κ2) is 9.59. The number of aliphatic hydroxyl groups excluding tert-OH is 1. The van der Waals surface area contributed by atoms with Crippen molar-refractivity contribution in [1.29, 1.82) is 0 Å². The molecule has 0 radical (unpaired) electrons. The first-order valence-electron chi connectivity index (χ1n) is 12.2. The summed E-state index contributed by atoms with van der Waals surface area (Å²) in [7, 11) is 0. The lowest BCUT2D eigenvalue weighted by atomic mass is 9.74. The van der Waals surface area contributed by atoms with Crippen LogP contribution in [0.25, 0.3) is 11.1 Å². The van der Waals surface area contributed by atoms with E-state index in [4.69, 9.17) is 0 Å². The third kappa shape index (κ3) is 4.26. The quantitative estimate of drug-likeness (QED) is 0.771. The van der Waals surface area contributed by atoms with E-state index >= 15 is 0 Å². The minimum absolute atomic E-state index is 0.0943. The molecule has 0 bridgehead atoms. The van der Waals surface area contributed by atoms with Gasteiger partial charge in [0.05, 0.1) is 6.61 Å². The monoisotopic (exact) mass is 434 g/mol. The number of urea groups is 1. The Morgan fingerprint density at radius 1 is 1.03 bits per heavy atom. The molecule has 170 valence electrons. The van der Waals surface area contributed by atoms with Crippen LogP contribution in [0, 0.1) is 0 Å². The summed E-state index contributed by atoms with van der Waals surface area (Å²) in [4.78, 5) is 21.7. The van der Waals surface area contributed by atoms with Crippen LogP contribution < -0.4 is 5.32 Å². The van der Waals surface area contributed by atoms with Crippen LogP contribution in [0.15, 0.2) is 48.8 Å². The smallest absolute Gasteiger partial charge is 0.317 e. The predicted octanol–water partition coefficient (Wildman–Crippen LogP) is 3.63. The van der Waals surface area contributed by atoms with Gasteiger partial charge in [-0.05, 0) is 55.0 Å². The van der Waals surface area contributed by atoms with Gasteiger partial charge in [0.15, 0.2) is 0 Å². The lowest BCUT2D eigenvalue weighted by molar-refractivity contribution is -0.0591. The van der Waals surface area contributed by atoms with E-state index in [1.165, 1.54) is 18.4 Å². The minimum Gasteiger partial charge on any atom is -0.395 e. The molecule has 1 aliphatic carbocycles. The number of carbonyl (C=O) groups is 1. The molecule has 2 saturated heterocycles. The summed E-state index contributed by atoms with van der Waals surface area (Å²) in [5.74, 6) is 0.239. The zero-order valence-electron chi connectivity index (χ0n) is 18.7. The molecule has 2 amide bonds. The standard InChI is InChI=1S/C26H34N4O2/c31-18-24-25(20-11-9-19(10-12-20)21-6-5-13-27-16-21)23-17-29(14-3-4-15-30(23)24)26(32)28-22-7-1-2-8-22/h5-6,9-13,16,22-25,31H,1-4,7-8,14-15,17-18H2,(H,28,32)/t23-,24+,25-/m0/s1. The van der Waals surface area contributed by atoms with Crippen LogP contribution in [-0.4, -0.2) is 70.3 Å². The van der Waals surface area contributed by atoms with Crippen LogP contribution >= 0.6 is 0 Å². The molecule has 6 heteroatoms. The molecule has 2 N–H and O–H groups in total. The van der Waals surface area contributed by atoms with Crippen molar-refractivity contribution in [2.45, 2.75) is 62.6 Å². The molecule has 3 heterocycles. The van der Waals surface area contributed by atoms with Crippen molar-refractivity contribution >= 4 is 6.03 Å². The van der Waals surface area contributed by atoms with Crippen molar-refractivity contribution < 1.29 is 9.90 Å². The van der Waals surface area contributed by atoms with Gasteiger partial charge in [-0.3, -0.25) is 9.88 Å². The largest absolute Gasteiger partial charge is 0.395 e. The molecular weight excluding hydrogens is 400 g/mol. The molecule has 6 nitrogen and oxygen atoms in total. The lowest BCUT2D eigenvalue weighted by Crippen LogP contribution is -2.68. The number of aromatic nitrogens is 1.